The maximum absolute atomic E-state index is 8.64. The van der Waals surface area contributed by atoms with Crippen molar-refractivity contribution in [3.05, 3.63) is 54.1 Å². The van der Waals surface area contributed by atoms with E-state index in [0.29, 0.717) is 13.2 Å². The normalized spacial score (nSPS) is 10.5. The van der Waals surface area contributed by atoms with Crippen molar-refractivity contribution in [3.63, 3.8) is 0 Å². The van der Waals surface area contributed by atoms with Crippen molar-refractivity contribution in [2.45, 2.75) is 27.8 Å². The fraction of sp³-hybridized carbons (Fsp3) is 0.412. The zero-order valence-electron chi connectivity index (χ0n) is 13.2. The first-order valence-electron chi connectivity index (χ1n) is 7.16. The first-order chi connectivity index (χ1) is 9.55. The molecule has 0 amide bonds. The summed E-state index contributed by atoms with van der Waals surface area (Å²) in [6.45, 7) is 1.57. The molecule has 0 aliphatic rings. The summed E-state index contributed by atoms with van der Waals surface area (Å²) in [6, 6.07) is 16.5. The smallest absolute Gasteiger partial charge is 0 e. The maximum Gasteiger partial charge on any atom is 0 e. The van der Waals surface area contributed by atoms with E-state index in [0.717, 1.165) is 6.42 Å². The molecule has 0 bridgehead atoms. The zero-order chi connectivity index (χ0) is 14.8. The average Bonchev–Trinajstić information content (AvgIpc) is 3.07. The summed E-state index contributed by atoms with van der Waals surface area (Å²) in [5.74, 6) is 0. The summed E-state index contributed by atoms with van der Waals surface area (Å²) in [5.41, 5.74) is 1.36. The van der Waals surface area contributed by atoms with Gasteiger partial charge in [0.1, 0.15) is 0 Å². The Labute approximate surface area is 143 Å². The van der Waals surface area contributed by atoms with E-state index in [-0.39, 0.29) is 23.7 Å². The van der Waals surface area contributed by atoms with Crippen LogP contribution in [0.4, 0.5) is 0 Å². The number of rotatable bonds is 6. The van der Waals surface area contributed by atoms with Crippen LogP contribution in [-0.4, -0.2) is 36.7 Å². The van der Waals surface area contributed by atoms with Crippen LogP contribution in [-0.2, 0) is 28.4 Å². The quantitative estimate of drug-likeness (QED) is 0.428. The predicted octanol–water partition coefficient (Wildman–Crippen LogP) is 3.25. The minimum atomic E-state index is -1.94. The van der Waals surface area contributed by atoms with E-state index in [1.165, 1.54) is 5.56 Å². The van der Waals surface area contributed by atoms with Gasteiger partial charge in [0.15, 0.2) is 0 Å². The predicted molar refractivity (Wildman–Crippen MR) is 88.4 cm³/mol. The topological polar surface area (TPSA) is 29.5 Å². The number of hydrogen-bond acceptors (Lipinski definition) is 2. The molecule has 2 aromatic carbocycles. The second kappa shape index (κ2) is 11.5. The molecule has 0 saturated heterocycles. The van der Waals surface area contributed by atoms with Gasteiger partial charge >= 0.3 is 96.6 Å². The molecule has 124 valence electrons. The van der Waals surface area contributed by atoms with Crippen molar-refractivity contribution in [2.75, 3.05) is 13.2 Å². The van der Waals surface area contributed by atoms with Gasteiger partial charge in [-0.15, -0.1) is 0 Å². The number of ether oxygens (including phenoxy) is 1. The first kappa shape index (κ1) is 20.9. The minimum absolute atomic E-state index is 0. The van der Waals surface area contributed by atoms with Crippen LogP contribution in [0.3, 0.4) is 0 Å². The van der Waals surface area contributed by atoms with Crippen molar-refractivity contribution in [1.29, 1.82) is 0 Å². The fourth-order valence-electron chi connectivity index (χ4n) is 1.98. The van der Waals surface area contributed by atoms with Crippen molar-refractivity contribution in [1.82, 2.24) is 0 Å². The molecular weight excluding hydrogens is 411 g/mol. The van der Waals surface area contributed by atoms with Gasteiger partial charge in [0.2, 0.25) is 0 Å². The molecular formula is C17H26FeO2Sn-6. The van der Waals surface area contributed by atoms with Crippen LogP contribution in [0.5, 0.6) is 0 Å². The molecule has 0 radical (unpaired) electrons. The van der Waals surface area contributed by atoms with Gasteiger partial charge in [0, 0.05) is 17.1 Å². The minimum Gasteiger partial charge on any atom is -0.748 e. The molecule has 21 heavy (non-hydrogen) atoms. The van der Waals surface area contributed by atoms with Crippen LogP contribution in [0.1, 0.15) is 12.0 Å². The van der Waals surface area contributed by atoms with Gasteiger partial charge in [-0.3, -0.25) is 0 Å². The molecule has 0 atom stereocenters. The van der Waals surface area contributed by atoms with Crippen molar-refractivity contribution in [3.8, 4) is 0 Å². The monoisotopic (exact) mass is 438 g/mol. The molecule has 0 spiro atoms. The largest absolute Gasteiger partial charge is 0.748 e. The fourth-order valence-corrected chi connectivity index (χ4v) is 6.88. The molecule has 0 saturated carbocycles. The first-order valence-corrected chi connectivity index (χ1v) is 17.1. The van der Waals surface area contributed by atoms with Gasteiger partial charge in [-0.05, 0) is 0 Å². The molecule has 1 N–H and O–H groups in total. The summed E-state index contributed by atoms with van der Waals surface area (Å²) in [6.07, 6.45) is 0.731. The van der Waals surface area contributed by atoms with E-state index in [1.54, 1.807) is 3.58 Å². The summed E-state index contributed by atoms with van der Waals surface area (Å²) < 4.78 is 7.09. The Morgan fingerprint density at radius 3 is 2.19 bits per heavy atom. The second-order valence-corrected chi connectivity index (χ2v) is 20.2. The molecule has 0 aliphatic heterocycles. The molecule has 2 aromatic rings. The summed E-state index contributed by atoms with van der Waals surface area (Å²) in [7, 11) is 0. The average molecular weight is 437 g/mol. The van der Waals surface area contributed by atoms with Crippen LogP contribution in [0.25, 0.3) is 0 Å². The number of hydrogen-bond donors (Lipinski definition) is 1. The number of aliphatic hydroxyl groups is 1. The van der Waals surface area contributed by atoms with Crippen LogP contribution >= 0.6 is 0 Å². The Morgan fingerprint density at radius 1 is 1.14 bits per heavy atom. The summed E-state index contributed by atoms with van der Waals surface area (Å²) in [4.78, 5) is 7.25. The molecule has 0 aromatic heterocycles. The maximum atomic E-state index is 8.64. The Kier molecular flexibility index (Phi) is 11.5. The molecule has 0 fully saturated rings. The van der Waals surface area contributed by atoms with E-state index < -0.39 is 18.4 Å². The Hall–Kier alpha value is -0.0618. The Balaban J connectivity index is 0.000000562. The van der Waals surface area contributed by atoms with Gasteiger partial charge in [0.25, 0.3) is 0 Å². The van der Waals surface area contributed by atoms with Crippen LogP contribution in [0.2, 0.25) is 14.8 Å². The van der Waals surface area contributed by atoms with E-state index in [9.17, 15) is 0 Å². The second-order valence-electron chi connectivity index (χ2n) is 5.81. The van der Waals surface area contributed by atoms with Crippen molar-refractivity contribution < 1.29 is 26.9 Å². The molecule has 4 heteroatoms. The van der Waals surface area contributed by atoms with E-state index in [4.69, 9.17) is 9.84 Å². The molecule has 0 unspecified atom stereocenters. The zero-order valence-corrected chi connectivity index (χ0v) is 17.1. The van der Waals surface area contributed by atoms with Crippen molar-refractivity contribution in [2.24, 2.45) is 0 Å². The third kappa shape index (κ3) is 8.84. The number of aliphatic hydroxyl groups excluding tert-OH is 1. The van der Waals surface area contributed by atoms with Gasteiger partial charge in [-0.1, -0.05) is 0 Å². The molecule has 2 nitrogen and oxygen atoms in total. The Bertz CT molecular complexity index is 426. The third-order valence-corrected chi connectivity index (χ3v) is 8.98. The van der Waals surface area contributed by atoms with Crippen molar-refractivity contribution >= 4 is 22.0 Å². The molecule has 2 rings (SSSR count). The van der Waals surface area contributed by atoms with Gasteiger partial charge in [-0.25, -0.2) is 0 Å². The SMILES string of the molecule is [CH3][Sn]([CH3])([CH3])[c-]1cccc1COCCCO.[Fe].[cH-]1[cH-][cH-][cH-][cH-]1. The van der Waals surface area contributed by atoms with Crippen LogP contribution in [0, 0.1) is 0 Å². The standard InChI is InChI=1S/C9H12O2.C5H5.3CH3.Fe.Sn/c10-6-3-7-11-8-9-4-1-2-5-9;1-2-4-5-3-1;;;;;/h1-2,4,10H,3,6-8H2;1-5H;3*1H3;;/q-1;-5;;;;;. The molecule has 0 heterocycles. The summed E-state index contributed by atoms with van der Waals surface area (Å²) in [5, 5.41) is 8.64. The summed E-state index contributed by atoms with van der Waals surface area (Å²) >= 11 is -1.94. The van der Waals surface area contributed by atoms with Gasteiger partial charge < -0.3 is 30.3 Å². The third-order valence-electron chi connectivity index (χ3n) is 2.97. The van der Waals surface area contributed by atoms with Gasteiger partial charge in [-0.2, -0.15) is 0 Å². The van der Waals surface area contributed by atoms with E-state index >= 15 is 0 Å². The molecule has 0 aliphatic carbocycles. The Morgan fingerprint density at radius 2 is 1.71 bits per heavy atom. The van der Waals surface area contributed by atoms with Gasteiger partial charge in [0.05, 0.1) is 0 Å². The van der Waals surface area contributed by atoms with Crippen LogP contribution in [0.15, 0.2) is 48.5 Å². The van der Waals surface area contributed by atoms with Crippen LogP contribution < -0.4 is 3.58 Å². The van der Waals surface area contributed by atoms with E-state index in [2.05, 4.69) is 33.0 Å². The van der Waals surface area contributed by atoms with E-state index in [1.807, 2.05) is 30.3 Å².